The van der Waals surface area contributed by atoms with Crippen molar-refractivity contribution in [2.45, 2.75) is 61.9 Å². The highest BCUT2D eigenvalue weighted by Crippen LogP contribution is 2.30. The molecule has 1 saturated carbocycles. The monoisotopic (exact) mass is 254 g/mol. The first-order valence-corrected chi connectivity index (χ1v) is 7.40. The van der Waals surface area contributed by atoms with Crippen LogP contribution < -0.4 is 5.32 Å². The van der Waals surface area contributed by atoms with Crippen LogP contribution in [0.4, 0.5) is 0 Å². The average molecular weight is 254 g/mol. The minimum Gasteiger partial charge on any atom is -0.316 e. The fourth-order valence-electron chi connectivity index (χ4n) is 2.43. The van der Waals surface area contributed by atoms with Crippen LogP contribution in [0.1, 0.15) is 44.3 Å². The Labute approximate surface area is 107 Å². The van der Waals surface area contributed by atoms with Crippen LogP contribution in [-0.2, 0) is 0 Å². The normalized spacial score (nSPS) is 26.5. The maximum atomic E-state index is 4.40. The van der Waals surface area contributed by atoms with E-state index in [2.05, 4.69) is 27.5 Å². The van der Waals surface area contributed by atoms with Crippen LogP contribution >= 0.6 is 11.8 Å². The Morgan fingerprint density at radius 2 is 2.00 bits per heavy atom. The molecular formula is C12H22N4S. The second kappa shape index (κ2) is 6.40. The first-order chi connectivity index (χ1) is 8.29. The zero-order valence-electron chi connectivity index (χ0n) is 10.7. The maximum Gasteiger partial charge on any atom is 0.208 e. The second-order valence-electron chi connectivity index (χ2n) is 4.75. The molecule has 1 fully saturated rings. The van der Waals surface area contributed by atoms with Gasteiger partial charge in [-0.05, 0) is 26.8 Å². The van der Waals surface area contributed by atoms with Crippen molar-refractivity contribution in [3.05, 3.63) is 5.82 Å². The van der Waals surface area contributed by atoms with Crippen LogP contribution in [0.15, 0.2) is 5.16 Å². The van der Waals surface area contributed by atoms with Crippen LogP contribution in [0, 0.1) is 6.92 Å². The first kappa shape index (κ1) is 12.9. The van der Waals surface area contributed by atoms with Gasteiger partial charge in [-0.15, -0.1) is 5.10 Å². The lowest BCUT2D eigenvalue weighted by Gasteiger charge is -2.27. The van der Waals surface area contributed by atoms with Gasteiger partial charge in [0.25, 0.3) is 0 Å². The number of rotatable bonds is 3. The molecule has 2 N–H and O–H groups in total. The van der Waals surface area contributed by atoms with Gasteiger partial charge in [0, 0.05) is 11.3 Å². The van der Waals surface area contributed by atoms with E-state index in [9.17, 15) is 0 Å². The summed E-state index contributed by atoms with van der Waals surface area (Å²) in [6, 6.07) is 0.596. The number of thioether (sulfide) groups is 1. The summed E-state index contributed by atoms with van der Waals surface area (Å²) in [5, 5.41) is 12.1. The van der Waals surface area contributed by atoms with Crippen LogP contribution in [0.2, 0.25) is 0 Å². The molecule has 1 aliphatic carbocycles. The largest absolute Gasteiger partial charge is 0.316 e. The molecule has 2 rings (SSSR count). The van der Waals surface area contributed by atoms with E-state index >= 15 is 0 Å². The zero-order chi connectivity index (χ0) is 12.1. The second-order valence-corrected chi connectivity index (χ2v) is 5.95. The summed E-state index contributed by atoms with van der Waals surface area (Å²) in [7, 11) is 2.07. The van der Waals surface area contributed by atoms with Crippen molar-refractivity contribution in [2.24, 2.45) is 0 Å². The smallest absolute Gasteiger partial charge is 0.208 e. The minimum atomic E-state index is 0.596. The SMILES string of the molecule is CNC1CCCCCCC1Sc1n[nH]c(C)n1. The summed E-state index contributed by atoms with van der Waals surface area (Å²) in [4.78, 5) is 4.40. The van der Waals surface area contributed by atoms with Crippen molar-refractivity contribution in [3.8, 4) is 0 Å². The van der Waals surface area contributed by atoms with Crippen molar-refractivity contribution in [2.75, 3.05) is 7.05 Å². The summed E-state index contributed by atoms with van der Waals surface area (Å²) in [6.45, 7) is 1.95. The molecule has 2 atom stereocenters. The molecule has 1 aromatic heterocycles. The van der Waals surface area contributed by atoms with Gasteiger partial charge >= 0.3 is 0 Å². The molecule has 0 saturated heterocycles. The molecule has 1 aliphatic rings. The topological polar surface area (TPSA) is 53.6 Å². The number of aryl methyl sites for hydroxylation is 1. The van der Waals surface area contributed by atoms with E-state index in [0.29, 0.717) is 11.3 Å². The van der Waals surface area contributed by atoms with E-state index in [1.54, 1.807) is 0 Å². The fraction of sp³-hybridized carbons (Fsp3) is 0.833. The van der Waals surface area contributed by atoms with Gasteiger partial charge in [-0.3, -0.25) is 5.10 Å². The molecule has 17 heavy (non-hydrogen) atoms. The molecule has 0 spiro atoms. The molecule has 96 valence electrons. The van der Waals surface area contributed by atoms with Gasteiger partial charge in [0.2, 0.25) is 5.16 Å². The highest BCUT2D eigenvalue weighted by Gasteiger charge is 2.23. The molecule has 0 aromatic carbocycles. The molecule has 0 aliphatic heterocycles. The summed E-state index contributed by atoms with van der Waals surface area (Å²) in [6.07, 6.45) is 7.98. The number of aromatic nitrogens is 3. The lowest BCUT2D eigenvalue weighted by molar-refractivity contribution is 0.420. The Bertz CT molecular complexity index is 339. The predicted molar refractivity (Wildman–Crippen MR) is 71.3 cm³/mol. The van der Waals surface area contributed by atoms with E-state index in [0.717, 1.165) is 11.0 Å². The molecule has 0 bridgehead atoms. The maximum absolute atomic E-state index is 4.40. The van der Waals surface area contributed by atoms with Crippen LogP contribution in [0.5, 0.6) is 0 Å². The van der Waals surface area contributed by atoms with Gasteiger partial charge in [0.1, 0.15) is 5.82 Å². The summed E-state index contributed by atoms with van der Waals surface area (Å²) in [5.41, 5.74) is 0. The Hall–Kier alpha value is -0.550. The zero-order valence-corrected chi connectivity index (χ0v) is 11.5. The summed E-state index contributed by atoms with van der Waals surface area (Å²) >= 11 is 1.82. The fourth-order valence-corrected chi connectivity index (χ4v) is 3.71. The molecular weight excluding hydrogens is 232 g/mol. The number of nitrogens with one attached hydrogen (secondary N) is 2. The number of nitrogens with zero attached hydrogens (tertiary/aromatic N) is 2. The number of hydrogen-bond donors (Lipinski definition) is 2. The molecule has 0 amide bonds. The minimum absolute atomic E-state index is 0.596. The van der Waals surface area contributed by atoms with Gasteiger partial charge < -0.3 is 5.32 Å². The Morgan fingerprint density at radius 1 is 1.24 bits per heavy atom. The quantitative estimate of drug-likeness (QED) is 0.870. The Balaban J connectivity index is 1.98. The van der Waals surface area contributed by atoms with E-state index < -0.39 is 0 Å². The van der Waals surface area contributed by atoms with Gasteiger partial charge in [-0.1, -0.05) is 37.4 Å². The lowest BCUT2D eigenvalue weighted by Crippen LogP contribution is -2.36. The highest BCUT2D eigenvalue weighted by molar-refractivity contribution is 7.99. The van der Waals surface area contributed by atoms with E-state index in [4.69, 9.17) is 0 Å². The van der Waals surface area contributed by atoms with Gasteiger partial charge in [-0.2, -0.15) is 0 Å². The predicted octanol–water partition coefficient (Wildman–Crippen LogP) is 2.52. The van der Waals surface area contributed by atoms with Gasteiger partial charge in [-0.25, -0.2) is 4.98 Å². The average Bonchev–Trinajstić information content (AvgIpc) is 2.69. The molecule has 0 radical (unpaired) electrons. The van der Waals surface area contributed by atoms with Crippen molar-refractivity contribution < 1.29 is 0 Å². The van der Waals surface area contributed by atoms with Crippen molar-refractivity contribution in [1.82, 2.24) is 20.5 Å². The Kier molecular flexibility index (Phi) is 4.86. The van der Waals surface area contributed by atoms with Crippen LogP contribution in [0.25, 0.3) is 0 Å². The van der Waals surface area contributed by atoms with E-state index in [1.807, 2.05) is 18.7 Å². The standard InChI is InChI=1S/C12H22N4S/c1-9-14-12(16-15-9)17-11-8-6-4-3-5-7-10(11)13-2/h10-11,13H,3-8H2,1-2H3,(H,14,15,16). The highest BCUT2D eigenvalue weighted by atomic mass is 32.2. The van der Waals surface area contributed by atoms with Crippen LogP contribution in [-0.4, -0.2) is 33.5 Å². The number of H-pyrrole nitrogens is 1. The van der Waals surface area contributed by atoms with Crippen LogP contribution in [0.3, 0.4) is 0 Å². The van der Waals surface area contributed by atoms with Crippen molar-refractivity contribution >= 4 is 11.8 Å². The van der Waals surface area contributed by atoms with Crippen molar-refractivity contribution in [3.63, 3.8) is 0 Å². The molecule has 1 aromatic rings. The third kappa shape index (κ3) is 3.71. The van der Waals surface area contributed by atoms with E-state index in [1.165, 1.54) is 38.5 Å². The molecule has 5 heteroatoms. The lowest BCUT2D eigenvalue weighted by atomic mass is 9.96. The van der Waals surface area contributed by atoms with E-state index in [-0.39, 0.29) is 0 Å². The van der Waals surface area contributed by atoms with Gasteiger partial charge in [0.05, 0.1) is 0 Å². The first-order valence-electron chi connectivity index (χ1n) is 6.52. The molecule has 4 nitrogen and oxygen atoms in total. The third-order valence-corrected chi connectivity index (χ3v) is 4.67. The number of hydrogen-bond acceptors (Lipinski definition) is 4. The van der Waals surface area contributed by atoms with Crippen molar-refractivity contribution in [1.29, 1.82) is 0 Å². The number of aromatic amines is 1. The third-order valence-electron chi connectivity index (χ3n) is 3.41. The molecule has 1 heterocycles. The summed E-state index contributed by atoms with van der Waals surface area (Å²) < 4.78 is 0. The Morgan fingerprint density at radius 3 is 2.65 bits per heavy atom. The van der Waals surface area contributed by atoms with Gasteiger partial charge in [0.15, 0.2) is 0 Å². The summed E-state index contributed by atoms with van der Waals surface area (Å²) in [5.74, 6) is 0.902. The molecule has 2 unspecified atom stereocenters.